The standard InChI is InChI=1S/C25H41NO5/c1-15(2)13-19(23(28)30-22-17(5)11-10-12-18(22)6)21(27)20(14-16(3)4)26-24(29)31-25(7,8)9/h10-12,15-16,19-21,27H,13-14H2,1-9H3,(H,26,29)/t19-,20-,21+/m0/s1. The average molecular weight is 436 g/mol. The van der Waals surface area contributed by atoms with Crippen LogP contribution in [0.2, 0.25) is 0 Å². The number of aliphatic hydroxyl groups excluding tert-OH is 1. The molecule has 6 heteroatoms. The Bertz CT molecular complexity index is 716. The zero-order valence-electron chi connectivity index (χ0n) is 20.6. The van der Waals surface area contributed by atoms with Gasteiger partial charge in [0.05, 0.1) is 18.1 Å². The highest BCUT2D eigenvalue weighted by Crippen LogP contribution is 2.27. The third-order valence-electron chi connectivity index (χ3n) is 4.89. The molecule has 0 bridgehead atoms. The molecule has 0 unspecified atom stereocenters. The Morgan fingerprint density at radius 3 is 1.97 bits per heavy atom. The van der Waals surface area contributed by atoms with Crippen molar-refractivity contribution < 1.29 is 24.2 Å². The number of hydrogen-bond donors (Lipinski definition) is 2. The molecule has 0 aromatic heterocycles. The summed E-state index contributed by atoms with van der Waals surface area (Å²) < 4.78 is 11.1. The second-order valence-electron chi connectivity index (χ2n) is 10.3. The number of nitrogens with one attached hydrogen (secondary N) is 1. The molecular weight excluding hydrogens is 394 g/mol. The molecule has 0 fully saturated rings. The molecule has 1 aromatic rings. The first-order valence-corrected chi connectivity index (χ1v) is 11.2. The van der Waals surface area contributed by atoms with E-state index in [4.69, 9.17) is 9.47 Å². The highest BCUT2D eigenvalue weighted by Gasteiger charge is 2.37. The SMILES string of the molecule is Cc1cccc(C)c1OC(=O)[C@@H](CC(C)C)[C@@H](O)[C@H](CC(C)C)NC(=O)OC(C)(C)C. The molecule has 0 aliphatic carbocycles. The van der Waals surface area contributed by atoms with E-state index in [1.54, 1.807) is 20.8 Å². The van der Waals surface area contributed by atoms with Gasteiger partial charge < -0.3 is 19.9 Å². The molecule has 1 aromatic carbocycles. The van der Waals surface area contributed by atoms with E-state index in [1.807, 2.05) is 59.7 Å². The van der Waals surface area contributed by atoms with E-state index in [2.05, 4.69) is 5.32 Å². The van der Waals surface area contributed by atoms with Crippen LogP contribution in [0.5, 0.6) is 5.75 Å². The molecule has 31 heavy (non-hydrogen) atoms. The molecule has 0 saturated carbocycles. The normalized spacial score (nSPS) is 14.8. The molecule has 3 atom stereocenters. The van der Waals surface area contributed by atoms with Gasteiger partial charge in [0.1, 0.15) is 11.4 Å². The van der Waals surface area contributed by atoms with Gasteiger partial charge in [-0.05, 0) is 70.4 Å². The monoisotopic (exact) mass is 435 g/mol. The third-order valence-corrected chi connectivity index (χ3v) is 4.89. The predicted octanol–water partition coefficient (Wildman–Crippen LogP) is 5.17. The Morgan fingerprint density at radius 2 is 1.52 bits per heavy atom. The number of amides is 1. The zero-order valence-corrected chi connectivity index (χ0v) is 20.6. The second-order valence-corrected chi connectivity index (χ2v) is 10.3. The van der Waals surface area contributed by atoms with E-state index in [0.29, 0.717) is 18.6 Å². The highest BCUT2D eigenvalue weighted by molar-refractivity contribution is 5.77. The number of carbonyl (C=O) groups is 2. The smallest absolute Gasteiger partial charge is 0.407 e. The summed E-state index contributed by atoms with van der Waals surface area (Å²) in [5.41, 5.74) is 1.06. The molecule has 176 valence electrons. The minimum atomic E-state index is -1.10. The maximum Gasteiger partial charge on any atom is 0.407 e. The molecule has 1 rings (SSSR count). The molecule has 0 heterocycles. The maximum atomic E-state index is 13.2. The lowest BCUT2D eigenvalue weighted by atomic mass is 9.85. The Labute approximate surface area is 187 Å². The number of rotatable bonds is 9. The quantitative estimate of drug-likeness (QED) is 0.413. The minimum Gasteiger partial charge on any atom is -0.444 e. The minimum absolute atomic E-state index is 0.159. The fraction of sp³-hybridized carbons (Fsp3) is 0.680. The van der Waals surface area contributed by atoms with Crippen LogP contribution in [-0.4, -0.2) is 34.9 Å². The number of carbonyl (C=O) groups excluding carboxylic acids is 2. The summed E-state index contributed by atoms with van der Waals surface area (Å²) >= 11 is 0. The van der Waals surface area contributed by atoms with Gasteiger partial charge in [0, 0.05) is 0 Å². The van der Waals surface area contributed by atoms with Gasteiger partial charge in [-0.1, -0.05) is 45.9 Å². The van der Waals surface area contributed by atoms with Crippen molar-refractivity contribution in [3.05, 3.63) is 29.3 Å². The van der Waals surface area contributed by atoms with Crippen molar-refractivity contribution >= 4 is 12.1 Å². The van der Waals surface area contributed by atoms with Gasteiger partial charge in [-0.25, -0.2) is 4.79 Å². The van der Waals surface area contributed by atoms with Crippen LogP contribution >= 0.6 is 0 Å². The molecule has 0 saturated heterocycles. The number of benzene rings is 1. The number of para-hydroxylation sites is 1. The van der Waals surface area contributed by atoms with E-state index >= 15 is 0 Å². The van der Waals surface area contributed by atoms with E-state index in [0.717, 1.165) is 11.1 Å². The summed E-state index contributed by atoms with van der Waals surface area (Å²) in [6.07, 6.45) is -0.765. The van der Waals surface area contributed by atoms with Crippen molar-refractivity contribution in [1.29, 1.82) is 0 Å². The molecule has 6 nitrogen and oxygen atoms in total. The number of alkyl carbamates (subject to hydrolysis) is 1. The maximum absolute atomic E-state index is 13.2. The van der Waals surface area contributed by atoms with Gasteiger partial charge in [-0.2, -0.15) is 0 Å². The van der Waals surface area contributed by atoms with Crippen LogP contribution in [0, 0.1) is 31.6 Å². The van der Waals surface area contributed by atoms with Crippen LogP contribution < -0.4 is 10.1 Å². The summed E-state index contributed by atoms with van der Waals surface area (Å²) in [5, 5.41) is 14.0. The first-order valence-electron chi connectivity index (χ1n) is 11.2. The van der Waals surface area contributed by atoms with Crippen molar-refractivity contribution in [2.75, 3.05) is 0 Å². The number of aryl methyl sites for hydroxylation is 2. The van der Waals surface area contributed by atoms with Gasteiger partial charge in [-0.3, -0.25) is 4.79 Å². The number of esters is 1. The Hall–Kier alpha value is -2.08. The van der Waals surface area contributed by atoms with Gasteiger partial charge in [0.15, 0.2) is 0 Å². The van der Waals surface area contributed by atoms with Crippen molar-refractivity contribution in [1.82, 2.24) is 5.32 Å². The third kappa shape index (κ3) is 9.30. The first kappa shape index (κ1) is 27.0. The van der Waals surface area contributed by atoms with Crippen LogP contribution in [0.15, 0.2) is 18.2 Å². The number of aliphatic hydroxyl groups is 1. The lowest BCUT2D eigenvalue weighted by Crippen LogP contribution is -2.51. The summed E-state index contributed by atoms with van der Waals surface area (Å²) in [5.74, 6) is -0.389. The molecule has 0 aliphatic heterocycles. The van der Waals surface area contributed by atoms with Gasteiger partial charge in [0.2, 0.25) is 0 Å². The van der Waals surface area contributed by atoms with Crippen LogP contribution in [-0.2, 0) is 9.53 Å². The Morgan fingerprint density at radius 1 is 1.00 bits per heavy atom. The molecule has 0 aliphatic rings. The second kappa shape index (κ2) is 11.5. The topological polar surface area (TPSA) is 84.9 Å². The molecule has 0 spiro atoms. The molecular formula is C25H41NO5. The lowest BCUT2D eigenvalue weighted by molar-refractivity contribution is -0.144. The van der Waals surface area contributed by atoms with Gasteiger partial charge >= 0.3 is 12.1 Å². The summed E-state index contributed by atoms with van der Waals surface area (Å²) in [7, 11) is 0. The molecule has 2 N–H and O–H groups in total. The summed E-state index contributed by atoms with van der Waals surface area (Å²) in [6, 6.07) is 5.04. The summed E-state index contributed by atoms with van der Waals surface area (Å²) in [4.78, 5) is 25.6. The largest absolute Gasteiger partial charge is 0.444 e. The van der Waals surface area contributed by atoms with E-state index in [1.165, 1.54) is 0 Å². The van der Waals surface area contributed by atoms with E-state index in [9.17, 15) is 14.7 Å². The van der Waals surface area contributed by atoms with Crippen molar-refractivity contribution in [2.24, 2.45) is 17.8 Å². The van der Waals surface area contributed by atoms with Crippen molar-refractivity contribution in [3.8, 4) is 5.75 Å². The van der Waals surface area contributed by atoms with Crippen LogP contribution in [0.25, 0.3) is 0 Å². The van der Waals surface area contributed by atoms with Crippen LogP contribution in [0.1, 0.15) is 72.4 Å². The van der Waals surface area contributed by atoms with Crippen LogP contribution in [0.4, 0.5) is 4.79 Å². The number of hydrogen-bond acceptors (Lipinski definition) is 5. The van der Waals surface area contributed by atoms with E-state index < -0.39 is 35.7 Å². The average Bonchev–Trinajstić information content (AvgIpc) is 2.59. The van der Waals surface area contributed by atoms with Gasteiger partial charge in [-0.15, -0.1) is 0 Å². The number of ether oxygens (including phenoxy) is 2. The fourth-order valence-electron chi connectivity index (χ4n) is 3.55. The van der Waals surface area contributed by atoms with Crippen molar-refractivity contribution in [3.63, 3.8) is 0 Å². The zero-order chi connectivity index (χ0) is 23.9. The molecule has 0 radical (unpaired) electrons. The molecule has 1 amide bonds. The summed E-state index contributed by atoms with van der Waals surface area (Å²) in [6.45, 7) is 17.1. The first-order chi connectivity index (χ1) is 14.2. The Kier molecular flexibility index (Phi) is 10.0. The van der Waals surface area contributed by atoms with Crippen LogP contribution in [0.3, 0.4) is 0 Å². The predicted molar refractivity (Wildman–Crippen MR) is 123 cm³/mol. The fourth-order valence-corrected chi connectivity index (χ4v) is 3.55. The van der Waals surface area contributed by atoms with Gasteiger partial charge in [0.25, 0.3) is 0 Å². The van der Waals surface area contributed by atoms with Crippen molar-refractivity contribution in [2.45, 2.75) is 92.9 Å². The highest BCUT2D eigenvalue weighted by atomic mass is 16.6. The lowest BCUT2D eigenvalue weighted by Gasteiger charge is -2.32. The Balaban J connectivity index is 3.13. The van der Waals surface area contributed by atoms with E-state index in [-0.39, 0.29) is 11.8 Å².